The predicted octanol–water partition coefficient (Wildman–Crippen LogP) is 3.80. The van der Waals surface area contributed by atoms with Crippen LogP contribution in [0.2, 0.25) is 0 Å². The van der Waals surface area contributed by atoms with Gasteiger partial charge in [-0.15, -0.1) is 0 Å². The van der Waals surface area contributed by atoms with Crippen molar-refractivity contribution in [2.75, 3.05) is 20.7 Å². The van der Waals surface area contributed by atoms with Gasteiger partial charge in [0, 0.05) is 32.5 Å². The molecule has 0 saturated carbocycles. The third kappa shape index (κ3) is 6.11. The summed E-state index contributed by atoms with van der Waals surface area (Å²) in [6, 6.07) is 18.7. The van der Waals surface area contributed by atoms with Gasteiger partial charge in [-0.2, -0.15) is 5.10 Å². The summed E-state index contributed by atoms with van der Waals surface area (Å²) in [5.74, 6) is 2.16. The van der Waals surface area contributed by atoms with Gasteiger partial charge in [0.25, 0.3) is 0 Å². The highest BCUT2D eigenvalue weighted by Crippen LogP contribution is 2.21. The molecule has 1 unspecified atom stereocenters. The van der Waals surface area contributed by atoms with Gasteiger partial charge in [-0.3, -0.25) is 9.67 Å². The van der Waals surface area contributed by atoms with E-state index >= 15 is 0 Å². The Kier molecular flexibility index (Phi) is 7.89. The summed E-state index contributed by atoms with van der Waals surface area (Å²) in [4.78, 5) is 4.36. The van der Waals surface area contributed by atoms with Crippen LogP contribution in [0.5, 0.6) is 5.75 Å². The third-order valence-corrected chi connectivity index (χ3v) is 5.23. The van der Waals surface area contributed by atoms with Gasteiger partial charge in [0.15, 0.2) is 5.96 Å². The molecule has 6 heteroatoms. The molecule has 0 saturated heterocycles. The van der Waals surface area contributed by atoms with E-state index in [1.165, 1.54) is 16.7 Å². The van der Waals surface area contributed by atoms with Crippen LogP contribution in [0.1, 0.15) is 36.0 Å². The Balaban J connectivity index is 1.48. The lowest BCUT2D eigenvalue weighted by atomic mass is 9.98. The molecule has 1 atom stereocenters. The molecule has 1 aromatic heterocycles. The van der Waals surface area contributed by atoms with Gasteiger partial charge >= 0.3 is 0 Å². The molecule has 0 bridgehead atoms. The summed E-state index contributed by atoms with van der Waals surface area (Å²) in [5, 5.41) is 11.2. The Labute approximate surface area is 179 Å². The summed E-state index contributed by atoms with van der Waals surface area (Å²) in [7, 11) is 3.49. The van der Waals surface area contributed by atoms with Gasteiger partial charge in [0.2, 0.25) is 0 Å². The van der Waals surface area contributed by atoms with Crippen LogP contribution in [-0.2, 0) is 13.1 Å². The average molecular weight is 406 g/mol. The molecule has 3 rings (SSSR count). The molecule has 6 nitrogen and oxygen atoms in total. The van der Waals surface area contributed by atoms with Crippen molar-refractivity contribution in [1.82, 2.24) is 20.4 Å². The molecule has 0 aliphatic heterocycles. The number of hydrogen-bond donors (Lipinski definition) is 2. The monoisotopic (exact) mass is 405 g/mol. The Morgan fingerprint density at radius 1 is 1.07 bits per heavy atom. The maximum atomic E-state index is 5.24. The fourth-order valence-corrected chi connectivity index (χ4v) is 3.36. The standard InChI is InChI=1S/C24H31N5O/c1-19(20-9-11-23(30-3)12-10-20)13-15-26-24(25-2)27-17-21-7-4-5-8-22(21)18-29-16-6-14-28-29/h4-12,14,16,19H,13,15,17-18H2,1-3H3,(H2,25,26,27). The van der Waals surface area contributed by atoms with Gasteiger partial charge in [-0.1, -0.05) is 43.3 Å². The molecule has 0 fully saturated rings. The SMILES string of the molecule is CN=C(NCCC(C)c1ccc(OC)cc1)NCc1ccccc1Cn1cccn1. The molecule has 158 valence electrons. The summed E-state index contributed by atoms with van der Waals surface area (Å²) in [5.41, 5.74) is 3.80. The van der Waals surface area contributed by atoms with Gasteiger partial charge in [0.05, 0.1) is 13.7 Å². The normalized spacial score (nSPS) is 12.4. The Bertz CT molecular complexity index is 919. The molecule has 2 N–H and O–H groups in total. The second kappa shape index (κ2) is 11.0. The van der Waals surface area contributed by atoms with Crippen molar-refractivity contribution >= 4 is 5.96 Å². The van der Waals surface area contributed by atoms with Crippen LogP contribution in [0.25, 0.3) is 0 Å². The van der Waals surface area contributed by atoms with Crippen molar-refractivity contribution in [3.63, 3.8) is 0 Å². The van der Waals surface area contributed by atoms with Crippen molar-refractivity contribution in [3.8, 4) is 5.75 Å². The highest BCUT2D eigenvalue weighted by molar-refractivity contribution is 5.79. The predicted molar refractivity (Wildman–Crippen MR) is 122 cm³/mol. The molecule has 0 radical (unpaired) electrons. The molecule has 3 aromatic rings. The summed E-state index contributed by atoms with van der Waals surface area (Å²) in [6.07, 6.45) is 4.80. The Morgan fingerprint density at radius 2 is 1.83 bits per heavy atom. The van der Waals surface area contributed by atoms with E-state index in [0.717, 1.165) is 31.2 Å². The van der Waals surface area contributed by atoms with Gasteiger partial charge in [-0.25, -0.2) is 0 Å². The number of aliphatic imine (C=N–C) groups is 1. The number of rotatable bonds is 9. The van der Waals surface area contributed by atoms with Crippen LogP contribution in [0, 0.1) is 0 Å². The summed E-state index contributed by atoms with van der Waals surface area (Å²) in [6.45, 7) is 4.56. The molecule has 1 heterocycles. The smallest absolute Gasteiger partial charge is 0.191 e. The van der Waals surface area contributed by atoms with Gasteiger partial charge in [0.1, 0.15) is 5.75 Å². The van der Waals surface area contributed by atoms with Crippen molar-refractivity contribution in [1.29, 1.82) is 0 Å². The van der Waals surface area contributed by atoms with Crippen LogP contribution in [0.15, 0.2) is 72.0 Å². The van der Waals surface area contributed by atoms with E-state index in [1.54, 1.807) is 20.4 Å². The van der Waals surface area contributed by atoms with Crippen LogP contribution in [0.4, 0.5) is 0 Å². The minimum absolute atomic E-state index is 0.455. The maximum Gasteiger partial charge on any atom is 0.191 e. The van der Waals surface area contributed by atoms with Crippen LogP contribution < -0.4 is 15.4 Å². The van der Waals surface area contributed by atoms with E-state index in [9.17, 15) is 0 Å². The topological polar surface area (TPSA) is 63.5 Å². The van der Waals surface area contributed by atoms with Crippen molar-refractivity contribution in [2.24, 2.45) is 4.99 Å². The Hall–Kier alpha value is -3.28. The first-order chi connectivity index (χ1) is 14.7. The third-order valence-electron chi connectivity index (χ3n) is 5.23. The minimum atomic E-state index is 0.455. The number of hydrogen-bond acceptors (Lipinski definition) is 3. The zero-order chi connectivity index (χ0) is 21.2. The fraction of sp³-hybridized carbons (Fsp3) is 0.333. The van der Waals surface area contributed by atoms with Crippen LogP contribution in [-0.4, -0.2) is 36.4 Å². The molecule has 0 amide bonds. The minimum Gasteiger partial charge on any atom is -0.497 e. The summed E-state index contributed by atoms with van der Waals surface area (Å²) >= 11 is 0. The lowest BCUT2D eigenvalue weighted by Crippen LogP contribution is -2.37. The number of ether oxygens (including phenoxy) is 1. The van der Waals surface area contributed by atoms with Crippen molar-refractivity contribution in [3.05, 3.63) is 83.7 Å². The number of benzene rings is 2. The number of nitrogens with zero attached hydrogens (tertiary/aromatic N) is 3. The first-order valence-corrected chi connectivity index (χ1v) is 10.3. The van der Waals surface area contributed by atoms with E-state index in [4.69, 9.17) is 4.74 Å². The maximum absolute atomic E-state index is 5.24. The number of nitrogens with one attached hydrogen (secondary N) is 2. The van der Waals surface area contributed by atoms with E-state index in [1.807, 2.05) is 29.1 Å². The number of guanidine groups is 1. The van der Waals surface area contributed by atoms with E-state index in [0.29, 0.717) is 12.5 Å². The Morgan fingerprint density at radius 3 is 2.50 bits per heavy atom. The molecule has 30 heavy (non-hydrogen) atoms. The first-order valence-electron chi connectivity index (χ1n) is 10.3. The summed E-state index contributed by atoms with van der Waals surface area (Å²) < 4.78 is 7.17. The van der Waals surface area contributed by atoms with E-state index in [2.05, 4.69) is 64.0 Å². The molecular formula is C24H31N5O. The zero-order valence-electron chi connectivity index (χ0n) is 18.0. The van der Waals surface area contributed by atoms with Gasteiger partial charge in [-0.05, 0) is 47.2 Å². The first kappa shape index (κ1) is 21.4. The largest absolute Gasteiger partial charge is 0.497 e. The number of aromatic nitrogens is 2. The average Bonchev–Trinajstić information content (AvgIpc) is 3.30. The van der Waals surface area contributed by atoms with E-state index < -0.39 is 0 Å². The fourth-order valence-electron chi connectivity index (χ4n) is 3.36. The highest BCUT2D eigenvalue weighted by atomic mass is 16.5. The zero-order valence-corrected chi connectivity index (χ0v) is 18.0. The molecule has 0 aliphatic rings. The number of methoxy groups -OCH3 is 1. The van der Waals surface area contributed by atoms with Crippen molar-refractivity contribution in [2.45, 2.75) is 32.4 Å². The molecule has 0 spiro atoms. The lowest BCUT2D eigenvalue weighted by molar-refractivity contribution is 0.414. The molecular weight excluding hydrogens is 374 g/mol. The van der Waals surface area contributed by atoms with E-state index in [-0.39, 0.29) is 0 Å². The van der Waals surface area contributed by atoms with Crippen molar-refractivity contribution < 1.29 is 4.74 Å². The second-order valence-corrected chi connectivity index (χ2v) is 7.29. The van der Waals surface area contributed by atoms with Crippen LogP contribution >= 0.6 is 0 Å². The highest BCUT2D eigenvalue weighted by Gasteiger charge is 2.08. The quantitative estimate of drug-likeness (QED) is 0.420. The molecule has 2 aromatic carbocycles. The second-order valence-electron chi connectivity index (χ2n) is 7.29. The van der Waals surface area contributed by atoms with Gasteiger partial charge < -0.3 is 15.4 Å². The van der Waals surface area contributed by atoms with Crippen LogP contribution in [0.3, 0.4) is 0 Å². The lowest BCUT2D eigenvalue weighted by Gasteiger charge is -2.16. The molecule has 0 aliphatic carbocycles.